The van der Waals surface area contributed by atoms with E-state index in [1.165, 1.54) is 31.3 Å². The van der Waals surface area contributed by atoms with Crippen molar-refractivity contribution in [1.82, 2.24) is 4.90 Å². The van der Waals surface area contributed by atoms with E-state index in [0.717, 1.165) is 16.7 Å². The van der Waals surface area contributed by atoms with Crippen molar-refractivity contribution in [2.24, 2.45) is 5.73 Å². The molecule has 3 N–H and O–H groups in total. The highest BCUT2D eigenvalue weighted by atomic mass is 32.2. The number of amides is 3. The Bertz CT molecular complexity index is 906. The van der Waals surface area contributed by atoms with Gasteiger partial charge >= 0.3 is 0 Å². The second-order valence-corrected chi connectivity index (χ2v) is 7.23. The van der Waals surface area contributed by atoms with Gasteiger partial charge < -0.3 is 30.2 Å². The lowest BCUT2D eigenvalue weighted by Gasteiger charge is -2.15. The Morgan fingerprint density at radius 3 is 2.07 bits per heavy atom. The fraction of sp³-hybridized carbons (Fsp3) is 0.250. The van der Waals surface area contributed by atoms with Crippen LogP contribution in [-0.2, 0) is 4.79 Å². The van der Waals surface area contributed by atoms with Gasteiger partial charge in [0.15, 0.2) is 18.1 Å². The van der Waals surface area contributed by atoms with E-state index in [1.54, 1.807) is 38.4 Å². The average Bonchev–Trinajstić information content (AvgIpc) is 2.72. The van der Waals surface area contributed by atoms with E-state index in [1.807, 2.05) is 0 Å². The van der Waals surface area contributed by atoms with Crippen LogP contribution in [0.3, 0.4) is 0 Å². The van der Waals surface area contributed by atoms with E-state index in [4.69, 9.17) is 19.9 Å². The van der Waals surface area contributed by atoms with Crippen LogP contribution < -0.4 is 25.3 Å². The molecule has 0 heterocycles. The molecule has 0 aliphatic carbocycles. The van der Waals surface area contributed by atoms with Crippen molar-refractivity contribution < 1.29 is 28.6 Å². The number of nitrogens with zero attached hydrogens (tertiary/aromatic N) is 1. The summed E-state index contributed by atoms with van der Waals surface area (Å²) < 4.78 is 15.9. The van der Waals surface area contributed by atoms with E-state index in [2.05, 4.69) is 5.32 Å². The van der Waals surface area contributed by atoms with Gasteiger partial charge in [0, 0.05) is 30.2 Å². The van der Waals surface area contributed by atoms with Gasteiger partial charge in [0.1, 0.15) is 0 Å². The summed E-state index contributed by atoms with van der Waals surface area (Å²) in [6, 6.07) is 9.81. The Morgan fingerprint density at radius 2 is 1.60 bits per heavy atom. The van der Waals surface area contributed by atoms with Crippen LogP contribution in [0.4, 0.5) is 10.5 Å². The number of nitrogens with one attached hydrogen (secondary N) is 1. The number of anilines is 1. The zero-order valence-electron chi connectivity index (χ0n) is 17.1. The fourth-order valence-electron chi connectivity index (χ4n) is 2.30. The molecule has 160 valence electrons. The maximum atomic E-state index is 12.7. The summed E-state index contributed by atoms with van der Waals surface area (Å²) in [6.45, 7) is -0.362. The molecule has 9 nitrogen and oxygen atoms in total. The summed E-state index contributed by atoms with van der Waals surface area (Å²) >= 11 is 1.09. The van der Waals surface area contributed by atoms with Crippen LogP contribution in [0.5, 0.6) is 17.2 Å². The highest BCUT2D eigenvalue weighted by Crippen LogP contribution is 2.38. The topological polar surface area (TPSA) is 120 Å². The van der Waals surface area contributed by atoms with Gasteiger partial charge in [-0.05, 0) is 48.2 Å². The lowest BCUT2D eigenvalue weighted by molar-refractivity contribution is -0.120. The molecule has 0 aliphatic heterocycles. The van der Waals surface area contributed by atoms with Gasteiger partial charge in [0.2, 0.25) is 5.75 Å². The van der Waals surface area contributed by atoms with Crippen molar-refractivity contribution in [3.63, 3.8) is 0 Å². The van der Waals surface area contributed by atoms with Crippen molar-refractivity contribution in [2.45, 2.75) is 4.90 Å². The van der Waals surface area contributed by atoms with Gasteiger partial charge in [-0.3, -0.25) is 14.4 Å². The Hall–Kier alpha value is -3.40. The van der Waals surface area contributed by atoms with Crippen LogP contribution in [0, 0.1) is 0 Å². The van der Waals surface area contributed by atoms with Gasteiger partial charge in [0.25, 0.3) is 17.1 Å². The van der Waals surface area contributed by atoms with Gasteiger partial charge in [-0.1, -0.05) is 0 Å². The Morgan fingerprint density at radius 1 is 1.03 bits per heavy atom. The molecule has 0 spiro atoms. The van der Waals surface area contributed by atoms with Gasteiger partial charge in [0.05, 0.1) is 14.2 Å². The van der Waals surface area contributed by atoms with Crippen molar-refractivity contribution in [3.8, 4) is 17.2 Å². The zero-order valence-corrected chi connectivity index (χ0v) is 17.9. The van der Waals surface area contributed by atoms with Crippen LogP contribution in [0.25, 0.3) is 0 Å². The highest BCUT2D eigenvalue weighted by Gasteiger charge is 2.18. The molecule has 3 amide bonds. The number of hydrogen-bond acceptors (Lipinski definition) is 7. The molecule has 0 atom stereocenters. The number of rotatable bonds is 8. The Labute approximate surface area is 178 Å². The number of primary amides is 1. The largest absolute Gasteiger partial charge is 0.493 e. The molecule has 0 aliphatic rings. The third-order valence-electron chi connectivity index (χ3n) is 3.76. The molecule has 30 heavy (non-hydrogen) atoms. The molecule has 0 unspecified atom stereocenters. The third kappa shape index (κ3) is 6.05. The maximum absolute atomic E-state index is 12.7. The molecule has 2 rings (SSSR count). The number of nitrogens with two attached hydrogens (primary N) is 1. The van der Waals surface area contributed by atoms with E-state index >= 15 is 0 Å². The molecule has 2 aromatic carbocycles. The minimum absolute atomic E-state index is 0.0929. The number of ether oxygens (including phenoxy) is 3. The zero-order chi connectivity index (χ0) is 22.3. The first-order valence-corrected chi connectivity index (χ1v) is 9.54. The number of carbonyl (C=O) groups excluding carboxylic acids is 3. The van der Waals surface area contributed by atoms with Gasteiger partial charge in [-0.25, -0.2) is 0 Å². The minimum atomic E-state index is -0.658. The molecule has 0 aromatic heterocycles. The second-order valence-electron chi connectivity index (χ2n) is 6.21. The van der Waals surface area contributed by atoms with Crippen LogP contribution in [0.2, 0.25) is 0 Å². The maximum Gasteiger partial charge on any atom is 0.285 e. The van der Waals surface area contributed by atoms with Crippen molar-refractivity contribution in [2.75, 3.05) is 40.2 Å². The molecule has 0 saturated carbocycles. The smallest absolute Gasteiger partial charge is 0.285 e. The van der Waals surface area contributed by atoms with E-state index in [0.29, 0.717) is 5.69 Å². The first-order valence-electron chi connectivity index (χ1n) is 8.72. The third-order valence-corrected chi connectivity index (χ3v) is 4.81. The summed E-state index contributed by atoms with van der Waals surface area (Å²) in [4.78, 5) is 37.7. The SMILES string of the molecule is COc1cc(C(=O)Nc2ccc(SC(=O)N(C)C)cc2)cc(OC)c1OCC(N)=O. The second kappa shape index (κ2) is 10.4. The molecule has 0 saturated heterocycles. The molecule has 10 heteroatoms. The monoisotopic (exact) mass is 433 g/mol. The summed E-state index contributed by atoms with van der Waals surface area (Å²) in [5, 5.41) is 2.67. The Balaban J connectivity index is 2.18. The number of thioether (sulfide) groups is 1. The number of methoxy groups -OCH3 is 2. The highest BCUT2D eigenvalue weighted by molar-refractivity contribution is 8.13. The van der Waals surface area contributed by atoms with E-state index in [9.17, 15) is 14.4 Å². The summed E-state index contributed by atoms with van der Waals surface area (Å²) in [6.07, 6.45) is 0. The van der Waals surface area contributed by atoms with E-state index in [-0.39, 0.29) is 34.7 Å². The molecular formula is C20H23N3O6S. The first-order chi connectivity index (χ1) is 14.2. The molecule has 0 bridgehead atoms. The Kier molecular flexibility index (Phi) is 7.93. The average molecular weight is 433 g/mol. The summed E-state index contributed by atoms with van der Waals surface area (Å²) in [7, 11) is 6.16. The van der Waals surface area contributed by atoms with Crippen LogP contribution >= 0.6 is 11.8 Å². The minimum Gasteiger partial charge on any atom is -0.493 e. The molecule has 0 radical (unpaired) electrons. The quantitative estimate of drug-likeness (QED) is 0.614. The lowest BCUT2D eigenvalue weighted by atomic mass is 10.1. The lowest BCUT2D eigenvalue weighted by Crippen LogP contribution is -2.20. The number of hydrogen-bond donors (Lipinski definition) is 2. The number of benzene rings is 2. The molecular weight excluding hydrogens is 410 g/mol. The molecule has 0 fully saturated rings. The van der Waals surface area contributed by atoms with Crippen LogP contribution in [-0.4, -0.2) is 56.9 Å². The van der Waals surface area contributed by atoms with Crippen LogP contribution in [0.15, 0.2) is 41.3 Å². The van der Waals surface area contributed by atoms with Gasteiger partial charge in [-0.15, -0.1) is 0 Å². The summed E-state index contributed by atoms with van der Waals surface area (Å²) in [5.74, 6) is -0.459. The van der Waals surface area contributed by atoms with Crippen molar-refractivity contribution in [3.05, 3.63) is 42.0 Å². The predicted octanol–water partition coefficient (Wildman–Crippen LogP) is 2.59. The first kappa shape index (κ1) is 22.9. The van der Waals surface area contributed by atoms with Crippen molar-refractivity contribution in [1.29, 1.82) is 0 Å². The van der Waals surface area contributed by atoms with E-state index < -0.39 is 11.8 Å². The number of carbonyl (C=O) groups is 3. The predicted molar refractivity (Wildman–Crippen MR) is 114 cm³/mol. The normalized spacial score (nSPS) is 10.1. The standard InChI is InChI=1S/C20H23N3O6S/c1-23(2)20(26)30-14-7-5-13(6-8-14)22-19(25)12-9-15(27-3)18(16(10-12)28-4)29-11-17(21)24/h5-10H,11H2,1-4H3,(H2,21,24)(H,22,25). The summed E-state index contributed by atoms with van der Waals surface area (Å²) in [5.41, 5.74) is 5.92. The fourth-order valence-corrected chi connectivity index (χ4v) is 2.95. The van der Waals surface area contributed by atoms with Gasteiger partial charge in [-0.2, -0.15) is 0 Å². The van der Waals surface area contributed by atoms with Crippen LogP contribution in [0.1, 0.15) is 10.4 Å². The molecule has 2 aromatic rings. The van der Waals surface area contributed by atoms with Crippen molar-refractivity contribution >= 4 is 34.5 Å².